The summed E-state index contributed by atoms with van der Waals surface area (Å²) in [6, 6.07) is 0. The quantitative estimate of drug-likeness (QED) is 0.508. The van der Waals surface area contributed by atoms with Gasteiger partial charge >= 0.3 is 5.97 Å². The summed E-state index contributed by atoms with van der Waals surface area (Å²) < 4.78 is 10.7. The topological polar surface area (TPSA) is 47.6 Å². The lowest BCUT2D eigenvalue weighted by molar-refractivity contribution is -0.156. The summed E-state index contributed by atoms with van der Waals surface area (Å²) in [6.45, 7) is 7.58. The third-order valence-corrected chi connectivity index (χ3v) is 3.51. The van der Waals surface area contributed by atoms with Gasteiger partial charge in [0.15, 0.2) is 0 Å². The second-order valence-electron chi connectivity index (χ2n) is 5.06. The van der Waals surface area contributed by atoms with Crippen molar-refractivity contribution in [3.05, 3.63) is 0 Å². The number of hydrogen-bond acceptors (Lipinski definition) is 4. The Morgan fingerprint density at radius 2 is 2.06 bits per heavy atom. The number of carbonyl (C=O) groups excluding carboxylic acids is 1. The van der Waals surface area contributed by atoms with Crippen LogP contribution in [-0.2, 0) is 14.3 Å². The molecule has 0 amide bonds. The number of esters is 1. The van der Waals surface area contributed by atoms with Crippen molar-refractivity contribution in [1.29, 1.82) is 0 Å². The first-order chi connectivity index (χ1) is 8.75. The number of ether oxygens (including phenoxy) is 2. The van der Waals surface area contributed by atoms with Crippen LogP contribution in [-0.4, -0.2) is 38.9 Å². The van der Waals surface area contributed by atoms with Crippen molar-refractivity contribution in [2.24, 2.45) is 5.41 Å². The Labute approximate surface area is 110 Å². The average molecular weight is 257 g/mol. The highest BCUT2D eigenvalue weighted by molar-refractivity contribution is 5.77. The number of rotatable bonds is 9. The van der Waals surface area contributed by atoms with Gasteiger partial charge in [-0.05, 0) is 25.8 Å². The molecule has 0 aromatic rings. The summed E-state index contributed by atoms with van der Waals surface area (Å²) in [5, 5.41) is 3.27. The highest BCUT2D eigenvalue weighted by Gasteiger charge is 2.41. The van der Waals surface area contributed by atoms with Crippen molar-refractivity contribution in [2.45, 2.75) is 46.0 Å². The van der Waals surface area contributed by atoms with Gasteiger partial charge in [0.2, 0.25) is 0 Å². The van der Waals surface area contributed by atoms with E-state index in [-0.39, 0.29) is 11.4 Å². The minimum Gasteiger partial charge on any atom is -0.463 e. The second kappa shape index (κ2) is 8.48. The Bertz CT molecular complexity index is 237. The highest BCUT2D eigenvalue weighted by Crippen LogP contribution is 2.32. The molecule has 0 aromatic heterocycles. The lowest BCUT2D eigenvalue weighted by Gasteiger charge is -2.25. The highest BCUT2D eigenvalue weighted by atomic mass is 16.6. The Balaban J connectivity index is 2.21. The van der Waals surface area contributed by atoms with E-state index in [9.17, 15) is 4.79 Å². The van der Waals surface area contributed by atoms with Crippen LogP contribution in [0.1, 0.15) is 46.0 Å². The summed E-state index contributed by atoms with van der Waals surface area (Å²) in [5.74, 6) is -0.0477. The lowest BCUT2D eigenvalue weighted by atomic mass is 9.83. The molecule has 0 saturated carbocycles. The van der Waals surface area contributed by atoms with E-state index < -0.39 is 0 Å². The van der Waals surface area contributed by atoms with Crippen LogP contribution in [0.15, 0.2) is 0 Å². The molecule has 1 aliphatic rings. The molecule has 106 valence electrons. The molecule has 4 heteroatoms. The Morgan fingerprint density at radius 3 is 2.67 bits per heavy atom. The number of unbranched alkanes of at least 4 members (excludes halogenated alkanes) is 1. The average Bonchev–Trinajstić information content (AvgIpc) is 2.83. The summed E-state index contributed by atoms with van der Waals surface area (Å²) in [4.78, 5) is 12.1. The summed E-state index contributed by atoms with van der Waals surface area (Å²) >= 11 is 0. The van der Waals surface area contributed by atoms with E-state index in [2.05, 4.69) is 19.2 Å². The molecule has 0 aromatic carbocycles. The number of hydrogen-bond donors (Lipinski definition) is 1. The van der Waals surface area contributed by atoms with Gasteiger partial charge in [0.1, 0.15) is 6.61 Å². The molecule has 1 unspecified atom stereocenters. The smallest absolute Gasteiger partial charge is 0.313 e. The van der Waals surface area contributed by atoms with Gasteiger partial charge in [-0.15, -0.1) is 0 Å². The molecule has 4 nitrogen and oxygen atoms in total. The maximum Gasteiger partial charge on any atom is 0.313 e. The monoisotopic (exact) mass is 257 g/mol. The van der Waals surface area contributed by atoms with E-state index in [1.165, 1.54) is 0 Å². The SMILES string of the molecule is CCCCOCCOC(=O)C1(CCC)CCNC1. The molecular weight excluding hydrogens is 230 g/mol. The van der Waals surface area contributed by atoms with Crippen molar-refractivity contribution in [1.82, 2.24) is 5.32 Å². The van der Waals surface area contributed by atoms with E-state index in [0.717, 1.165) is 51.8 Å². The molecule has 0 bridgehead atoms. The molecule has 1 aliphatic heterocycles. The molecule has 1 heterocycles. The van der Waals surface area contributed by atoms with Crippen LogP contribution < -0.4 is 5.32 Å². The van der Waals surface area contributed by atoms with E-state index >= 15 is 0 Å². The normalized spacial score (nSPS) is 23.2. The Hall–Kier alpha value is -0.610. The van der Waals surface area contributed by atoms with Crippen LogP contribution in [0.2, 0.25) is 0 Å². The van der Waals surface area contributed by atoms with Gasteiger partial charge < -0.3 is 14.8 Å². The van der Waals surface area contributed by atoms with Crippen LogP contribution in [0.4, 0.5) is 0 Å². The molecule has 1 N–H and O–H groups in total. The molecule has 0 radical (unpaired) electrons. The summed E-state index contributed by atoms with van der Waals surface area (Å²) in [7, 11) is 0. The first-order valence-corrected chi connectivity index (χ1v) is 7.21. The fraction of sp³-hybridized carbons (Fsp3) is 0.929. The first-order valence-electron chi connectivity index (χ1n) is 7.21. The van der Waals surface area contributed by atoms with E-state index in [1.807, 2.05) is 0 Å². The Morgan fingerprint density at radius 1 is 1.22 bits per heavy atom. The van der Waals surface area contributed by atoms with Crippen LogP contribution >= 0.6 is 0 Å². The van der Waals surface area contributed by atoms with Crippen LogP contribution in [0, 0.1) is 5.41 Å². The van der Waals surface area contributed by atoms with E-state index in [1.54, 1.807) is 0 Å². The maximum atomic E-state index is 12.1. The second-order valence-corrected chi connectivity index (χ2v) is 5.06. The molecule has 0 spiro atoms. The van der Waals surface area contributed by atoms with Crippen molar-refractivity contribution < 1.29 is 14.3 Å². The summed E-state index contributed by atoms with van der Waals surface area (Å²) in [6.07, 6.45) is 5.03. The zero-order valence-corrected chi connectivity index (χ0v) is 11.8. The maximum absolute atomic E-state index is 12.1. The lowest BCUT2D eigenvalue weighted by Crippen LogP contribution is -2.35. The van der Waals surface area contributed by atoms with Gasteiger partial charge in [-0.2, -0.15) is 0 Å². The summed E-state index contributed by atoms with van der Waals surface area (Å²) in [5.41, 5.74) is -0.280. The zero-order valence-electron chi connectivity index (χ0n) is 11.8. The third-order valence-electron chi connectivity index (χ3n) is 3.51. The molecule has 0 aliphatic carbocycles. The van der Waals surface area contributed by atoms with Crippen LogP contribution in [0.5, 0.6) is 0 Å². The minimum atomic E-state index is -0.280. The van der Waals surface area contributed by atoms with Crippen molar-refractivity contribution in [3.63, 3.8) is 0 Å². The van der Waals surface area contributed by atoms with Gasteiger partial charge in [0.05, 0.1) is 12.0 Å². The number of nitrogens with one attached hydrogen (secondary N) is 1. The first kappa shape index (κ1) is 15.4. The third kappa shape index (κ3) is 4.58. The van der Waals surface area contributed by atoms with Crippen LogP contribution in [0.3, 0.4) is 0 Å². The number of carbonyl (C=O) groups is 1. The predicted octanol–water partition coefficient (Wildman–Crippen LogP) is 2.13. The predicted molar refractivity (Wildman–Crippen MR) is 71.5 cm³/mol. The molecular formula is C14H27NO3. The molecule has 1 atom stereocenters. The van der Waals surface area contributed by atoms with Gasteiger partial charge in [0, 0.05) is 13.2 Å². The largest absolute Gasteiger partial charge is 0.463 e. The van der Waals surface area contributed by atoms with E-state index in [0.29, 0.717) is 13.2 Å². The van der Waals surface area contributed by atoms with Crippen molar-refractivity contribution in [3.8, 4) is 0 Å². The van der Waals surface area contributed by atoms with Gasteiger partial charge in [-0.1, -0.05) is 26.7 Å². The fourth-order valence-electron chi connectivity index (χ4n) is 2.41. The van der Waals surface area contributed by atoms with Gasteiger partial charge in [-0.25, -0.2) is 0 Å². The molecule has 18 heavy (non-hydrogen) atoms. The van der Waals surface area contributed by atoms with Gasteiger partial charge in [-0.3, -0.25) is 4.79 Å². The minimum absolute atomic E-state index is 0.0477. The molecule has 1 saturated heterocycles. The molecule has 1 rings (SSSR count). The van der Waals surface area contributed by atoms with Crippen molar-refractivity contribution in [2.75, 3.05) is 32.9 Å². The standard InChI is InChI=1S/C14H27NO3/c1-3-5-9-17-10-11-18-13(16)14(6-4-2)7-8-15-12-14/h15H,3-12H2,1-2H3. The Kier molecular flexibility index (Phi) is 7.28. The van der Waals surface area contributed by atoms with Gasteiger partial charge in [0.25, 0.3) is 0 Å². The van der Waals surface area contributed by atoms with E-state index in [4.69, 9.17) is 9.47 Å². The zero-order chi connectivity index (χ0) is 13.3. The van der Waals surface area contributed by atoms with Crippen molar-refractivity contribution >= 4 is 5.97 Å². The molecule has 1 fully saturated rings. The van der Waals surface area contributed by atoms with Crippen LogP contribution in [0.25, 0.3) is 0 Å². The fourth-order valence-corrected chi connectivity index (χ4v) is 2.41.